The Morgan fingerprint density at radius 3 is 1.73 bits per heavy atom. The van der Waals surface area contributed by atoms with Gasteiger partial charge in [-0.2, -0.15) is 0 Å². The van der Waals surface area contributed by atoms with Crippen molar-refractivity contribution in [2.24, 2.45) is 0 Å². The summed E-state index contributed by atoms with van der Waals surface area (Å²) < 4.78 is 26.7. The molecule has 1 aliphatic heterocycles. The average Bonchev–Trinajstić information content (AvgIpc) is 2.66. The van der Waals surface area contributed by atoms with Crippen molar-refractivity contribution in [1.29, 1.82) is 0 Å². The standard InChI is InChI=1S/C20H23ClF2N2O/c21-13-19(26)14-24-9-11-25(12-10-24)20(15-1-5-17(22)6-2-15)16-3-7-18(23)8-4-16/h1-8,19-20,26H,9-14H2/t19-/m1/s1. The van der Waals surface area contributed by atoms with E-state index in [0.29, 0.717) is 6.54 Å². The Balaban J connectivity index is 1.78. The fourth-order valence-electron chi connectivity index (χ4n) is 3.46. The molecule has 1 fully saturated rings. The molecule has 0 amide bonds. The van der Waals surface area contributed by atoms with Gasteiger partial charge >= 0.3 is 0 Å². The maximum absolute atomic E-state index is 13.3. The molecule has 1 heterocycles. The number of halogens is 3. The van der Waals surface area contributed by atoms with Crippen LogP contribution in [0.5, 0.6) is 0 Å². The van der Waals surface area contributed by atoms with Crippen LogP contribution in [-0.4, -0.2) is 59.6 Å². The van der Waals surface area contributed by atoms with E-state index in [1.54, 1.807) is 24.3 Å². The normalized spacial score (nSPS) is 17.6. The van der Waals surface area contributed by atoms with Crippen LogP contribution in [0.2, 0.25) is 0 Å². The van der Waals surface area contributed by atoms with E-state index in [9.17, 15) is 13.9 Å². The molecule has 1 atom stereocenters. The fraction of sp³-hybridized carbons (Fsp3) is 0.400. The lowest BCUT2D eigenvalue weighted by atomic mass is 9.96. The number of nitrogens with zero attached hydrogens (tertiary/aromatic N) is 2. The van der Waals surface area contributed by atoms with E-state index >= 15 is 0 Å². The lowest BCUT2D eigenvalue weighted by Crippen LogP contribution is -2.49. The zero-order valence-electron chi connectivity index (χ0n) is 14.5. The van der Waals surface area contributed by atoms with Gasteiger partial charge in [0.15, 0.2) is 0 Å². The molecule has 1 N–H and O–H groups in total. The monoisotopic (exact) mass is 380 g/mol. The van der Waals surface area contributed by atoms with E-state index in [-0.39, 0.29) is 23.6 Å². The molecular formula is C20H23ClF2N2O. The Hall–Kier alpha value is -1.53. The third-order valence-electron chi connectivity index (χ3n) is 4.79. The summed E-state index contributed by atoms with van der Waals surface area (Å²) in [6.07, 6.45) is -0.520. The Bertz CT molecular complexity index is 642. The number of aliphatic hydroxyl groups excluding tert-OH is 1. The highest BCUT2D eigenvalue weighted by molar-refractivity contribution is 6.18. The first kappa shape index (κ1) is 19.2. The summed E-state index contributed by atoms with van der Waals surface area (Å²) in [7, 11) is 0. The van der Waals surface area contributed by atoms with Crippen molar-refractivity contribution in [3.8, 4) is 0 Å². The minimum Gasteiger partial charge on any atom is -0.391 e. The van der Waals surface area contributed by atoms with Crippen LogP contribution < -0.4 is 0 Å². The molecule has 0 aromatic heterocycles. The topological polar surface area (TPSA) is 26.7 Å². The second kappa shape index (κ2) is 8.91. The van der Waals surface area contributed by atoms with Gasteiger partial charge in [-0.25, -0.2) is 8.78 Å². The fourth-order valence-corrected chi connectivity index (χ4v) is 3.55. The van der Waals surface area contributed by atoms with Crippen LogP contribution in [0.15, 0.2) is 48.5 Å². The highest BCUT2D eigenvalue weighted by Gasteiger charge is 2.27. The Labute approximate surface area is 157 Å². The second-order valence-electron chi connectivity index (χ2n) is 6.65. The van der Waals surface area contributed by atoms with Crippen molar-refractivity contribution in [3.63, 3.8) is 0 Å². The first-order valence-corrected chi connectivity index (χ1v) is 9.31. The molecule has 6 heteroatoms. The second-order valence-corrected chi connectivity index (χ2v) is 6.96. The van der Waals surface area contributed by atoms with E-state index in [2.05, 4.69) is 9.80 Å². The van der Waals surface area contributed by atoms with Crippen LogP contribution in [0.25, 0.3) is 0 Å². The van der Waals surface area contributed by atoms with Gasteiger partial charge in [-0.15, -0.1) is 11.6 Å². The molecule has 1 aliphatic rings. The van der Waals surface area contributed by atoms with E-state index in [1.165, 1.54) is 24.3 Å². The Kier molecular flexibility index (Phi) is 6.59. The zero-order valence-corrected chi connectivity index (χ0v) is 15.2. The molecule has 140 valence electrons. The first-order chi connectivity index (χ1) is 12.6. The highest BCUT2D eigenvalue weighted by atomic mass is 35.5. The summed E-state index contributed by atoms with van der Waals surface area (Å²) in [6.45, 7) is 3.79. The van der Waals surface area contributed by atoms with Crippen LogP contribution >= 0.6 is 11.6 Å². The van der Waals surface area contributed by atoms with E-state index in [1.807, 2.05) is 0 Å². The predicted octanol–water partition coefficient (Wildman–Crippen LogP) is 3.27. The van der Waals surface area contributed by atoms with Crippen molar-refractivity contribution in [2.45, 2.75) is 12.1 Å². The number of aliphatic hydroxyl groups is 1. The number of rotatable bonds is 6. The van der Waals surface area contributed by atoms with Gasteiger partial charge in [0.05, 0.1) is 12.1 Å². The molecular weight excluding hydrogens is 358 g/mol. The lowest BCUT2D eigenvalue weighted by molar-refractivity contribution is 0.0703. The third kappa shape index (κ3) is 4.80. The lowest BCUT2D eigenvalue weighted by Gasteiger charge is -2.40. The Morgan fingerprint density at radius 2 is 1.31 bits per heavy atom. The molecule has 0 radical (unpaired) electrons. The molecule has 2 aromatic carbocycles. The summed E-state index contributed by atoms with van der Waals surface area (Å²) in [5, 5.41) is 9.74. The molecule has 1 saturated heterocycles. The SMILES string of the molecule is O[C@H](CCl)CN1CCN(C(c2ccc(F)cc2)c2ccc(F)cc2)CC1. The third-order valence-corrected chi connectivity index (χ3v) is 5.15. The maximum Gasteiger partial charge on any atom is 0.123 e. The summed E-state index contributed by atoms with van der Waals surface area (Å²) >= 11 is 5.69. The number of β-amino-alcohol motifs (C(OH)–C–C–N with tert-alkyl or cyclic N) is 1. The molecule has 0 unspecified atom stereocenters. The van der Waals surface area contributed by atoms with E-state index in [4.69, 9.17) is 11.6 Å². The van der Waals surface area contributed by atoms with E-state index < -0.39 is 6.10 Å². The molecule has 0 aliphatic carbocycles. The number of benzene rings is 2. The molecule has 2 aromatic rings. The number of hydrogen-bond acceptors (Lipinski definition) is 3. The molecule has 0 spiro atoms. The molecule has 0 bridgehead atoms. The highest BCUT2D eigenvalue weighted by Crippen LogP contribution is 2.30. The van der Waals surface area contributed by atoms with Crippen LogP contribution in [0.1, 0.15) is 17.2 Å². The van der Waals surface area contributed by atoms with Crippen LogP contribution in [0.3, 0.4) is 0 Å². The van der Waals surface area contributed by atoms with Crippen LogP contribution in [0.4, 0.5) is 8.78 Å². The van der Waals surface area contributed by atoms with Gasteiger partial charge in [0.2, 0.25) is 0 Å². The number of alkyl halides is 1. The molecule has 0 saturated carbocycles. The first-order valence-electron chi connectivity index (χ1n) is 8.78. The summed E-state index contributed by atoms with van der Waals surface area (Å²) in [5.41, 5.74) is 1.96. The van der Waals surface area contributed by atoms with Crippen molar-refractivity contribution >= 4 is 11.6 Å². The smallest absolute Gasteiger partial charge is 0.123 e. The van der Waals surface area contributed by atoms with Crippen LogP contribution in [0, 0.1) is 11.6 Å². The van der Waals surface area contributed by atoms with Gasteiger partial charge < -0.3 is 5.11 Å². The summed E-state index contributed by atoms with van der Waals surface area (Å²) in [5.74, 6) is -0.313. The van der Waals surface area contributed by atoms with Crippen molar-refractivity contribution in [3.05, 3.63) is 71.3 Å². The van der Waals surface area contributed by atoms with Gasteiger partial charge in [-0.3, -0.25) is 9.80 Å². The largest absolute Gasteiger partial charge is 0.391 e. The van der Waals surface area contributed by atoms with Gasteiger partial charge in [0, 0.05) is 38.6 Å². The molecule has 3 nitrogen and oxygen atoms in total. The zero-order chi connectivity index (χ0) is 18.5. The van der Waals surface area contributed by atoms with Crippen LogP contribution in [-0.2, 0) is 0 Å². The van der Waals surface area contributed by atoms with Crippen molar-refractivity contribution < 1.29 is 13.9 Å². The number of hydrogen-bond donors (Lipinski definition) is 1. The number of piperazine rings is 1. The van der Waals surface area contributed by atoms with Gasteiger partial charge in [0.1, 0.15) is 11.6 Å². The van der Waals surface area contributed by atoms with Gasteiger partial charge in [0.25, 0.3) is 0 Å². The van der Waals surface area contributed by atoms with Gasteiger partial charge in [-0.1, -0.05) is 24.3 Å². The quantitative estimate of drug-likeness (QED) is 0.779. The molecule has 26 heavy (non-hydrogen) atoms. The minimum atomic E-state index is -0.520. The minimum absolute atomic E-state index is 0.0590. The average molecular weight is 381 g/mol. The maximum atomic E-state index is 13.3. The summed E-state index contributed by atoms with van der Waals surface area (Å²) in [6, 6.07) is 12.9. The van der Waals surface area contributed by atoms with Gasteiger partial charge in [-0.05, 0) is 35.4 Å². The van der Waals surface area contributed by atoms with Crippen molar-refractivity contribution in [1.82, 2.24) is 9.80 Å². The summed E-state index contributed by atoms with van der Waals surface area (Å²) in [4.78, 5) is 4.50. The predicted molar refractivity (Wildman–Crippen MR) is 99.4 cm³/mol. The molecule has 3 rings (SSSR count). The van der Waals surface area contributed by atoms with E-state index in [0.717, 1.165) is 37.3 Å². The Morgan fingerprint density at radius 1 is 0.846 bits per heavy atom. The van der Waals surface area contributed by atoms with Crippen molar-refractivity contribution in [2.75, 3.05) is 38.6 Å².